The highest BCUT2D eigenvalue weighted by Crippen LogP contribution is 2.43. The number of hydrogen-bond acceptors (Lipinski definition) is 3. The van der Waals surface area contributed by atoms with Gasteiger partial charge in [-0.25, -0.2) is 9.69 Å². The van der Waals surface area contributed by atoms with E-state index in [-0.39, 0.29) is 29.9 Å². The Labute approximate surface area is 151 Å². The second-order valence-electron chi connectivity index (χ2n) is 7.16. The van der Waals surface area contributed by atoms with Gasteiger partial charge < -0.3 is 9.80 Å². The normalized spacial score (nSPS) is 27.0. The Balaban J connectivity index is 1.57. The van der Waals surface area contributed by atoms with Gasteiger partial charge >= 0.3 is 6.03 Å². The zero-order chi connectivity index (χ0) is 18.0. The van der Waals surface area contributed by atoms with Gasteiger partial charge in [-0.15, -0.1) is 0 Å². The molecule has 3 aliphatic heterocycles. The monoisotopic (exact) mass is 349 g/mol. The Bertz CT molecular complexity index is 951. The van der Waals surface area contributed by atoms with Crippen molar-refractivity contribution < 1.29 is 14.4 Å². The number of likely N-dealkylation sites (tertiary alicyclic amines) is 1. The van der Waals surface area contributed by atoms with Gasteiger partial charge in [0, 0.05) is 18.4 Å². The smallest absolute Gasteiger partial charge is 0.332 e. The molecule has 3 atom stereocenters. The molecule has 0 spiro atoms. The molecule has 2 aromatic rings. The Morgan fingerprint density at radius 1 is 1.12 bits per heavy atom. The maximum Gasteiger partial charge on any atom is 0.332 e. The molecule has 2 aromatic carbocycles. The second kappa shape index (κ2) is 5.30. The lowest BCUT2D eigenvalue weighted by Crippen LogP contribution is -2.54. The van der Waals surface area contributed by atoms with E-state index in [9.17, 15) is 14.4 Å². The Hall–Kier alpha value is -2.89. The molecule has 0 radical (unpaired) electrons. The Morgan fingerprint density at radius 2 is 1.88 bits per heavy atom. The summed E-state index contributed by atoms with van der Waals surface area (Å²) in [4.78, 5) is 43.3. The minimum atomic E-state index is -0.546. The zero-order valence-corrected chi connectivity index (χ0v) is 14.5. The molecular weight excluding hydrogens is 330 g/mol. The average molecular weight is 349 g/mol. The number of urea groups is 1. The summed E-state index contributed by atoms with van der Waals surface area (Å²) in [5, 5.41) is 1.87. The van der Waals surface area contributed by atoms with E-state index in [4.69, 9.17) is 0 Å². The number of fused-ring (bicyclic) bond motifs is 6. The first kappa shape index (κ1) is 15.4. The third kappa shape index (κ3) is 1.84. The van der Waals surface area contributed by atoms with Crippen molar-refractivity contribution in [3.8, 4) is 0 Å². The van der Waals surface area contributed by atoms with Gasteiger partial charge in [-0.2, -0.15) is 0 Å². The summed E-state index contributed by atoms with van der Waals surface area (Å²) in [7, 11) is 0. The molecule has 2 bridgehead atoms. The van der Waals surface area contributed by atoms with Gasteiger partial charge in [0.2, 0.25) is 5.91 Å². The van der Waals surface area contributed by atoms with E-state index in [0.29, 0.717) is 25.1 Å². The van der Waals surface area contributed by atoms with Crippen molar-refractivity contribution in [3.63, 3.8) is 0 Å². The minimum absolute atomic E-state index is 0.0565. The third-order valence-corrected chi connectivity index (χ3v) is 5.89. The second-order valence-corrected chi connectivity index (χ2v) is 7.16. The standard InChI is InChI=1S/C20H19N3O3/c1-2-17(24)21-11-13-10-16(21)18-19(25)23(20(26)22(13)18)15-9-5-7-12-6-3-4-8-14(12)15/h3-9,13,16,18H,2,10-11H2,1H3/t13-,16-,18-/m0/s1. The molecule has 0 N–H and O–H groups in total. The number of benzene rings is 2. The summed E-state index contributed by atoms with van der Waals surface area (Å²) >= 11 is 0. The van der Waals surface area contributed by atoms with E-state index in [2.05, 4.69) is 0 Å². The molecule has 0 aliphatic carbocycles. The molecule has 26 heavy (non-hydrogen) atoms. The fourth-order valence-corrected chi connectivity index (χ4v) is 4.77. The molecule has 0 unspecified atom stereocenters. The summed E-state index contributed by atoms with van der Waals surface area (Å²) in [6.45, 7) is 2.37. The van der Waals surface area contributed by atoms with Crippen LogP contribution >= 0.6 is 0 Å². The number of hydrogen-bond donors (Lipinski definition) is 0. The van der Waals surface area contributed by atoms with Crippen molar-refractivity contribution >= 4 is 34.3 Å². The van der Waals surface area contributed by atoms with Gasteiger partial charge in [-0.3, -0.25) is 9.59 Å². The van der Waals surface area contributed by atoms with Crippen LogP contribution in [0.5, 0.6) is 0 Å². The molecule has 3 heterocycles. The van der Waals surface area contributed by atoms with Crippen molar-refractivity contribution in [1.29, 1.82) is 0 Å². The number of carbonyl (C=O) groups excluding carboxylic acids is 3. The van der Waals surface area contributed by atoms with E-state index < -0.39 is 6.04 Å². The first-order valence-electron chi connectivity index (χ1n) is 9.05. The minimum Gasteiger partial charge on any atom is -0.335 e. The van der Waals surface area contributed by atoms with E-state index in [1.54, 1.807) is 9.80 Å². The molecule has 6 heteroatoms. The van der Waals surface area contributed by atoms with Crippen LogP contribution < -0.4 is 4.90 Å². The van der Waals surface area contributed by atoms with Crippen LogP contribution in [0.4, 0.5) is 10.5 Å². The maximum absolute atomic E-state index is 13.2. The topological polar surface area (TPSA) is 60.9 Å². The molecule has 5 rings (SSSR count). The van der Waals surface area contributed by atoms with Crippen LogP contribution in [-0.2, 0) is 9.59 Å². The van der Waals surface area contributed by atoms with E-state index in [0.717, 1.165) is 10.8 Å². The van der Waals surface area contributed by atoms with Gasteiger partial charge in [0.05, 0.1) is 17.8 Å². The van der Waals surface area contributed by atoms with Crippen LogP contribution in [0.3, 0.4) is 0 Å². The maximum atomic E-state index is 13.2. The number of imide groups is 1. The summed E-state index contributed by atoms with van der Waals surface area (Å²) in [5.41, 5.74) is 0.625. The highest BCUT2D eigenvalue weighted by Gasteiger charge is 2.62. The largest absolute Gasteiger partial charge is 0.335 e. The van der Waals surface area contributed by atoms with Crippen molar-refractivity contribution in [3.05, 3.63) is 42.5 Å². The lowest BCUT2D eigenvalue weighted by atomic mass is 10.1. The van der Waals surface area contributed by atoms with Crippen LogP contribution in [-0.4, -0.2) is 52.3 Å². The van der Waals surface area contributed by atoms with Gasteiger partial charge in [0.15, 0.2) is 0 Å². The number of amides is 4. The number of carbonyl (C=O) groups is 3. The number of piperazine rings is 1. The van der Waals surface area contributed by atoms with Gasteiger partial charge in [-0.1, -0.05) is 43.3 Å². The van der Waals surface area contributed by atoms with Crippen molar-refractivity contribution in [2.24, 2.45) is 0 Å². The molecular formula is C20H19N3O3. The molecule has 4 amide bonds. The lowest BCUT2D eigenvalue weighted by Gasteiger charge is -2.34. The van der Waals surface area contributed by atoms with Crippen molar-refractivity contribution in [2.75, 3.05) is 11.4 Å². The van der Waals surface area contributed by atoms with Gasteiger partial charge in [-0.05, 0) is 17.9 Å². The lowest BCUT2D eigenvalue weighted by molar-refractivity contribution is -0.135. The fraction of sp³-hybridized carbons (Fsp3) is 0.350. The van der Waals surface area contributed by atoms with E-state index >= 15 is 0 Å². The van der Waals surface area contributed by atoms with E-state index in [1.807, 2.05) is 49.4 Å². The number of anilines is 1. The van der Waals surface area contributed by atoms with Crippen LogP contribution in [0.15, 0.2) is 42.5 Å². The average Bonchev–Trinajstić information content (AvgIpc) is 3.32. The highest BCUT2D eigenvalue weighted by atomic mass is 16.2. The molecule has 132 valence electrons. The molecule has 0 saturated carbocycles. The van der Waals surface area contributed by atoms with E-state index in [1.165, 1.54) is 4.90 Å². The quantitative estimate of drug-likeness (QED) is 0.782. The van der Waals surface area contributed by atoms with Crippen LogP contribution in [0.1, 0.15) is 19.8 Å². The number of nitrogens with zero attached hydrogens (tertiary/aromatic N) is 3. The Morgan fingerprint density at radius 3 is 2.69 bits per heavy atom. The predicted molar refractivity (Wildman–Crippen MR) is 96.7 cm³/mol. The zero-order valence-electron chi connectivity index (χ0n) is 14.5. The first-order valence-corrected chi connectivity index (χ1v) is 9.05. The summed E-state index contributed by atoms with van der Waals surface area (Å²) in [6.07, 6.45) is 1.13. The molecule has 0 aromatic heterocycles. The molecule has 3 fully saturated rings. The summed E-state index contributed by atoms with van der Waals surface area (Å²) in [6, 6.07) is 12.3. The van der Waals surface area contributed by atoms with Crippen molar-refractivity contribution in [1.82, 2.24) is 9.80 Å². The fourth-order valence-electron chi connectivity index (χ4n) is 4.77. The molecule has 3 saturated heterocycles. The van der Waals surface area contributed by atoms with Crippen LogP contribution in [0, 0.1) is 0 Å². The summed E-state index contributed by atoms with van der Waals surface area (Å²) in [5.74, 6) is -0.159. The first-order chi connectivity index (χ1) is 12.6. The van der Waals surface area contributed by atoms with Crippen LogP contribution in [0.2, 0.25) is 0 Å². The summed E-state index contributed by atoms with van der Waals surface area (Å²) < 4.78 is 0. The highest BCUT2D eigenvalue weighted by molar-refractivity contribution is 6.25. The molecule has 6 nitrogen and oxygen atoms in total. The third-order valence-electron chi connectivity index (χ3n) is 5.89. The number of rotatable bonds is 2. The predicted octanol–water partition coefficient (Wildman–Crippen LogP) is 2.37. The van der Waals surface area contributed by atoms with Gasteiger partial charge in [0.1, 0.15) is 6.04 Å². The van der Waals surface area contributed by atoms with Crippen LogP contribution in [0.25, 0.3) is 10.8 Å². The van der Waals surface area contributed by atoms with Crippen molar-refractivity contribution in [2.45, 2.75) is 37.9 Å². The molecule has 3 aliphatic rings. The van der Waals surface area contributed by atoms with Gasteiger partial charge in [0.25, 0.3) is 5.91 Å². The Kier molecular flexibility index (Phi) is 3.13. The SMILES string of the molecule is CCC(=O)N1C[C@@H]2C[C@H]1[C@H]1C(=O)N(c3cccc4ccccc34)C(=O)N21.